The van der Waals surface area contributed by atoms with E-state index in [9.17, 15) is 18.4 Å². The molecule has 1 aromatic carbocycles. The Morgan fingerprint density at radius 2 is 1.80 bits per heavy atom. The van der Waals surface area contributed by atoms with Crippen molar-refractivity contribution in [1.82, 2.24) is 4.98 Å². The second-order valence-electron chi connectivity index (χ2n) is 6.24. The molecule has 0 aliphatic carbocycles. The Hall–Kier alpha value is -2.63. The van der Waals surface area contributed by atoms with Crippen LogP contribution in [-0.4, -0.2) is 23.2 Å². The summed E-state index contributed by atoms with van der Waals surface area (Å²) in [5, 5.41) is 0. The lowest BCUT2D eigenvalue weighted by molar-refractivity contribution is 0.0983. The molecule has 6 heteroatoms. The van der Waals surface area contributed by atoms with Gasteiger partial charge in [-0.1, -0.05) is 6.07 Å². The maximum Gasteiger partial charge on any atom is 0.260 e. The van der Waals surface area contributed by atoms with Crippen molar-refractivity contribution in [3.8, 4) is 0 Å². The highest BCUT2D eigenvalue weighted by molar-refractivity contribution is 6.09. The van der Waals surface area contributed by atoms with Gasteiger partial charge in [0.05, 0.1) is 16.9 Å². The summed E-state index contributed by atoms with van der Waals surface area (Å²) < 4.78 is 28.0. The highest BCUT2D eigenvalue weighted by Crippen LogP contribution is 2.33. The number of Topliss-reactive ketones (excluding diaryl/α,β-unsaturated/α-hetero) is 1. The van der Waals surface area contributed by atoms with E-state index in [0.29, 0.717) is 35.4 Å². The minimum atomic E-state index is -1.02. The number of pyridine rings is 1. The van der Waals surface area contributed by atoms with Crippen LogP contribution in [-0.2, 0) is 6.42 Å². The summed E-state index contributed by atoms with van der Waals surface area (Å²) in [6.45, 7) is 5.05. The summed E-state index contributed by atoms with van der Waals surface area (Å²) in [6, 6.07) is 4.08. The number of fused-ring (bicyclic) bond motifs is 1. The quantitative estimate of drug-likeness (QED) is 0.779. The summed E-state index contributed by atoms with van der Waals surface area (Å²) in [6.07, 6.45) is 1.24. The number of hydrogen-bond acceptors (Lipinski definition) is 3. The van der Waals surface area contributed by atoms with Gasteiger partial charge in [-0.3, -0.25) is 14.6 Å². The molecule has 0 unspecified atom stereocenters. The van der Waals surface area contributed by atoms with Gasteiger partial charge in [0.1, 0.15) is 0 Å². The molecule has 1 aliphatic heterocycles. The fourth-order valence-electron chi connectivity index (χ4n) is 3.26. The molecule has 2 aromatic rings. The molecular formula is C19H18F2N2O2. The number of aryl methyl sites for hydroxylation is 3. The summed E-state index contributed by atoms with van der Waals surface area (Å²) in [7, 11) is 0. The molecule has 1 aromatic heterocycles. The molecule has 0 N–H and O–H groups in total. The Morgan fingerprint density at radius 3 is 2.48 bits per heavy atom. The molecule has 130 valence electrons. The monoisotopic (exact) mass is 344 g/mol. The molecule has 0 spiro atoms. The number of carbonyl (C=O) groups is 2. The Bertz CT molecular complexity index is 893. The standard InChI is InChI=1S/C19H18F2N2O2/c1-10-14(12(3)24)9-15(11(2)22-10)19(25)23-8-4-5-13-6-7-16(20)17(21)18(13)23/h6-7,9H,4-5,8H2,1-3H3. The van der Waals surface area contributed by atoms with Crippen LogP contribution < -0.4 is 4.90 Å². The average molecular weight is 344 g/mol. The number of anilines is 1. The Kier molecular flexibility index (Phi) is 4.37. The van der Waals surface area contributed by atoms with Gasteiger partial charge in [0.15, 0.2) is 17.4 Å². The van der Waals surface area contributed by atoms with E-state index in [1.165, 1.54) is 24.0 Å². The second kappa shape index (κ2) is 6.35. The molecule has 0 atom stereocenters. The van der Waals surface area contributed by atoms with Crippen LogP contribution in [0.25, 0.3) is 0 Å². The van der Waals surface area contributed by atoms with Gasteiger partial charge < -0.3 is 4.90 Å². The predicted molar refractivity (Wildman–Crippen MR) is 90.1 cm³/mol. The van der Waals surface area contributed by atoms with Gasteiger partial charge in [-0.25, -0.2) is 8.78 Å². The van der Waals surface area contributed by atoms with E-state index in [-0.39, 0.29) is 23.6 Å². The topological polar surface area (TPSA) is 50.3 Å². The minimum Gasteiger partial charge on any atom is -0.305 e. The molecule has 1 amide bonds. The number of ketones is 1. The lowest BCUT2D eigenvalue weighted by Crippen LogP contribution is -2.37. The van der Waals surface area contributed by atoms with Crippen LogP contribution in [0, 0.1) is 25.5 Å². The van der Waals surface area contributed by atoms with Crippen LogP contribution in [0.1, 0.15) is 51.0 Å². The molecule has 2 heterocycles. The fraction of sp³-hybridized carbons (Fsp3) is 0.316. The molecular weight excluding hydrogens is 326 g/mol. The fourth-order valence-corrected chi connectivity index (χ4v) is 3.26. The van der Waals surface area contributed by atoms with Crippen molar-refractivity contribution >= 4 is 17.4 Å². The van der Waals surface area contributed by atoms with Crippen molar-refractivity contribution < 1.29 is 18.4 Å². The van der Waals surface area contributed by atoms with Crippen molar-refractivity contribution in [3.05, 3.63) is 57.9 Å². The number of benzene rings is 1. The van der Waals surface area contributed by atoms with Crippen LogP contribution >= 0.6 is 0 Å². The van der Waals surface area contributed by atoms with Crippen LogP contribution in [0.2, 0.25) is 0 Å². The van der Waals surface area contributed by atoms with Gasteiger partial charge in [0.2, 0.25) is 0 Å². The summed E-state index contributed by atoms with van der Waals surface area (Å²) >= 11 is 0. The zero-order chi connectivity index (χ0) is 18.3. The van der Waals surface area contributed by atoms with Crippen LogP contribution in [0.15, 0.2) is 18.2 Å². The molecule has 0 saturated heterocycles. The molecule has 0 radical (unpaired) electrons. The maximum atomic E-state index is 14.3. The highest BCUT2D eigenvalue weighted by Gasteiger charge is 2.29. The lowest BCUT2D eigenvalue weighted by atomic mass is 9.99. The highest BCUT2D eigenvalue weighted by atomic mass is 19.2. The first-order valence-electron chi connectivity index (χ1n) is 8.09. The van der Waals surface area contributed by atoms with Gasteiger partial charge in [0.25, 0.3) is 5.91 Å². The zero-order valence-electron chi connectivity index (χ0n) is 14.3. The normalized spacial score (nSPS) is 13.6. The summed E-state index contributed by atoms with van der Waals surface area (Å²) in [5.41, 5.74) is 2.16. The van der Waals surface area contributed by atoms with Gasteiger partial charge >= 0.3 is 0 Å². The molecule has 0 saturated carbocycles. The van der Waals surface area contributed by atoms with E-state index in [0.717, 1.165) is 6.07 Å². The van der Waals surface area contributed by atoms with Crippen molar-refractivity contribution in [1.29, 1.82) is 0 Å². The third kappa shape index (κ3) is 2.92. The number of aromatic nitrogens is 1. The van der Waals surface area contributed by atoms with Gasteiger partial charge in [-0.2, -0.15) is 0 Å². The third-order valence-corrected chi connectivity index (χ3v) is 4.51. The van der Waals surface area contributed by atoms with Crippen LogP contribution in [0.5, 0.6) is 0 Å². The lowest BCUT2D eigenvalue weighted by Gasteiger charge is -2.30. The second-order valence-corrected chi connectivity index (χ2v) is 6.24. The molecule has 4 nitrogen and oxygen atoms in total. The molecule has 25 heavy (non-hydrogen) atoms. The number of nitrogens with zero attached hydrogens (tertiary/aromatic N) is 2. The predicted octanol–water partition coefficient (Wildman–Crippen LogP) is 3.77. The molecule has 1 aliphatic rings. The first-order valence-corrected chi connectivity index (χ1v) is 8.09. The third-order valence-electron chi connectivity index (χ3n) is 4.51. The van der Waals surface area contributed by atoms with Gasteiger partial charge in [0, 0.05) is 17.8 Å². The SMILES string of the molecule is CC(=O)c1cc(C(=O)N2CCCc3ccc(F)c(F)c32)c(C)nc1C. The maximum absolute atomic E-state index is 14.3. The minimum absolute atomic E-state index is 0.0133. The van der Waals surface area contributed by atoms with Crippen molar-refractivity contribution in [2.24, 2.45) is 0 Å². The first-order chi connectivity index (χ1) is 11.8. The van der Waals surface area contributed by atoms with Crippen LogP contribution in [0.4, 0.5) is 14.5 Å². The number of carbonyl (C=O) groups excluding carboxylic acids is 2. The number of hydrogen-bond donors (Lipinski definition) is 0. The molecule has 0 fully saturated rings. The zero-order valence-corrected chi connectivity index (χ0v) is 14.3. The van der Waals surface area contributed by atoms with E-state index < -0.39 is 17.5 Å². The smallest absolute Gasteiger partial charge is 0.260 e. The van der Waals surface area contributed by atoms with E-state index >= 15 is 0 Å². The van der Waals surface area contributed by atoms with E-state index in [1.54, 1.807) is 13.8 Å². The summed E-state index contributed by atoms with van der Waals surface area (Å²) in [5.74, 6) is -2.68. The Balaban J connectivity index is 2.11. The Morgan fingerprint density at radius 1 is 1.12 bits per heavy atom. The Labute approximate surface area is 144 Å². The number of rotatable bonds is 2. The largest absolute Gasteiger partial charge is 0.305 e. The number of halogens is 2. The average Bonchev–Trinajstić information content (AvgIpc) is 2.57. The molecule has 3 rings (SSSR count). The van der Waals surface area contributed by atoms with E-state index in [4.69, 9.17) is 0 Å². The summed E-state index contributed by atoms with van der Waals surface area (Å²) in [4.78, 5) is 30.3. The van der Waals surface area contributed by atoms with E-state index in [2.05, 4.69) is 4.98 Å². The van der Waals surface area contributed by atoms with Crippen LogP contribution in [0.3, 0.4) is 0 Å². The van der Waals surface area contributed by atoms with Crippen molar-refractivity contribution in [3.63, 3.8) is 0 Å². The van der Waals surface area contributed by atoms with Gasteiger partial charge in [-0.05, 0) is 51.3 Å². The van der Waals surface area contributed by atoms with E-state index in [1.807, 2.05) is 0 Å². The molecule has 0 bridgehead atoms. The first kappa shape index (κ1) is 17.2. The van der Waals surface area contributed by atoms with Crippen molar-refractivity contribution in [2.75, 3.05) is 11.4 Å². The number of amides is 1. The van der Waals surface area contributed by atoms with Crippen molar-refractivity contribution in [2.45, 2.75) is 33.6 Å². The van der Waals surface area contributed by atoms with Gasteiger partial charge in [-0.15, -0.1) is 0 Å².